The average molecular weight is 409 g/mol. The number of carbonyl (C=O) groups excluding carboxylic acids is 2. The van der Waals surface area contributed by atoms with Crippen molar-refractivity contribution in [3.63, 3.8) is 0 Å². The average Bonchev–Trinajstić information content (AvgIpc) is 3.26. The van der Waals surface area contributed by atoms with Crippen molar-refractivity contribution in [2.45, 2.75) is 30.0 Å². The van der Waals surface area contributed by atoms with Crippen molar-refractivity contribution in [3.8, 4) is 0 Å². The van der Waals surface area contributed by atoms with Crippen LogP contribution in [-0.2, 0) is 14.2 Å². The Balaban J connectivity index is 1.43. The summed E-state index contributed by atoms with van der Waals surface area (Å²) in [6.07, 6.45) is -1.73. The van der Waals surface area contributed by atoms with E-state index in [4.69, 9.17) is 14.2 Å². The Morgan fingerprint density at radius 2 is 1.80 bits per heavy atom. The van der Waals surface area contributed by atoms with E-state index in [1.807, 2.05) is 6.07 Å². The fourth-order valence-electron chi connectivity index (χ4n) is 3.91. The third kappa shape index (κ3) is 3.63. The van der Waals surface area contributed by atoms with Crippen LogP contribution >= 0.6 is 0 Å². The van der Waals surface area contributed by atoms with E-state index in [0.717, 1.165) is 0 Å². The molecule has 2 aromatic rings. The van der Waals surface area contributed by atoms with Crippen LogP contribution < -0.4 is 5.32 Å². The quantitative estimate of drug-likeness (QED) is 0.534. The number of carbonyl (C=O) groups is 2. The highest BCUT2D eigenvalue weighted by atomic mass is 16.7. The van der Waals surface area contributed by atoms with Gasteiger partial charge in [-0.2, -0.15) is 0 Å². The fourth-order valence-corrected chi connectivity index (χ4v) is 3.91. The standard InChI is InChI=1S/C23H23NO6/c1-2-18(29-22(27)16-11-7-4-8-12-16)23-14-28-19(20(23)25)17(30-23)13-24-21(26)15-9-5-3-6-10-15/h2-12,17-20,25H,1,13-14H2,(H,24,26). The SMILES string of the molecule is C=CC(OC(=O)c1ccccc1)C12COC(C(CNC(=O)c3ccccc3)O1)C2O. The molecule has 2 saturated heterocycles. The minimum Gasteiger partial charge on any atom is -0.451 e. The first-order valence-corrected chi connectivity index (χ1v) is 9.74. The molecule has 2 aromatic carbocycles. The third-order valence-corrected chi connectivity index (χ3v) is 5.49. The van der Waals surface area contributed by atoms with Gasteiger partial charge in [0.15, 0.2) is 11.7 Å². The molecule has 0 aromatic heterocycles. The maximum absolute atomic E-state index is 12.5. The van der Waals surface area contributed by atoms with Crippen LogP contribution in [0.3, 0.4) is 0 Å². The number of nitrogens with one attached hydrogen (secondary N) is 1. The fraction of sp³-hybridized carbons (Fsp3) is 0.304. The maximum atomic E-state index is 12.5. The summed E-state index contributed by atoms with van der Waals surface area (Å²) < 4.78 is 17.4. The van der Waals surface area contributed by atoms with Crippen LogP contribution in [0.4, 0.5) is 0 Å². The van der Waals surface area contributed by atoms with Gasteiger partial charge in [0, 0.05) is 12.1 Å². The van der Waals surface area contributed by atoms with Gasteiger partial charge in [0.05, 0.1) is 12.2 Å². The van der Waals surface area contributed by atoms with Crippen LogP contribution in [0, 0.1) is 0 Å². The molecule has 0 radical (unpaired) electrons. The van der Waals surface area contributed by atoms with Gasteiger partial charge < -0.3 is 24.6 Å². The van der Waals surface area contributed by atoms with Gasteiger partial charge in [0.1, 0.15) is 18.3 Å². The predicted octanol–water partition coefficient (Wildman–Crippen LogP) is 1.73. The van der Waals surface area contributed by atoms with E-state index in [0.29, 0.717) is 11.1 Å². The lowest BCUT2D eigenvalue weighted by atomic mass is 9.92. The summed E-state index contributed by atoms with van der Waals surface area (Å²) in [4.78, 5) is 24.8. The number of ether oxygens (including phenoxy) is 3. The number of aliphatic hydroxyl groups excluding tert-OH is 1. The first-order chi connectivity index (χ1) is 14.5. The van der Waals surface area contributed by atoms with Gasteiger partial charge in [-0.15, -0.1) is 0 Å². The largest absolute Gasteiger partial charge is 0.451 e. The summed E-state index contributed by atoms with van der Waals surface area (Å²) in [6.45, 7) is 3.95. The Labute approximate surface area is 174 Å². The molecule has 156 valence electrons. The maximum Gasteiger partial charge on any atom is 0.338 e. The molecule has 0 saturated carbocycles. The molecule has 2 bridgehead atoms. The molecule has 5 unspecified atom stereocenters. The zero-order chi connectivity index (χ0) is 21.1. The van der Waals surface area contributed by atoms with E-state index >= 15 is 0 Å². The van der Waals surface area contributed by atoms with Crippen molar-refractivity contribution in [3.05, 3.63) is 84.4 Å². The number of hydrogen-bond acceptors (Lipinski definition) is 6. The number of aliphatic hydroxyl groups is 1. The summed E-state index contributed by atoms with van der Waals surface area (Å²) >= 11 is 0. The number of amides is 1. The van der Waals surface area contributed by atoms with Gasteiger partial charge in [-0.05, 0) is 30.3 Å². The zero-order valence-corrected chi connectivity index (χ0v) is 16.3. The second-order valence-corrected chi connectivity index (χ2v) is 7.34. The van der Waals surface area contributed by atoms with Crippen molar-refractivity contribution < 1.29 is 28.9 Å². The molecule has 0 aliphatic carbocycles. The van der Waals surface area contributed by atoms with Crippen molar-refractivity contribution >= 4 is 11.9 Å². The molecule has 2 aliphatic rings. The number of hydrogen-bond donors (Lipinski definition) is 2. The Morgan fingerprint density at radius 3 is 2.43 bits per heavy atom. The van der Waals surface area contributed by atoms with E-state index in [1.54, 1.807) is 54.6 Å². The lowest BCUT2D eigenvalue weighted by molar-refractivity contribution is -0.176. The molecule has 7 nitrogen and oxygen atoms in total. The highest BCUT2D eigenvalue weighted by Crippen LogP contribution is 2.43. The van der Waals surface area contributed by atoms with Crippen molar-refractivity contribution in [2.75, 3.05) is 13.2 Å². The van der Waals surface area contributed by atoms with Gasteiger partial charge >= 0.3 is 5.97 Å². The molecule has 2 N–H and O–H groups in total. The number of esters is 1. The molecular formula is C23H23NO6. The predicted molar refractivity (Wildman–Crippen MR) is 108 cm³/mol. The van der Waals surface area contributed by atoms with E-state index in [9.17, 15) is 14.7 Å². The summed E-state index contributed by atoms with van der Waals surface area (Å²) in [5.41, 5.74) is -0.355. The monoisotopic (exact) mass is 409 g/mol. The molecule has 4 rings (SSSR count). The molecule has 2 heterocycles. The topological polar surface area (TPSA) is 94.1 Å². The van der Waals surface area contributed by atoms with Gasteiger partial charge in [0.2, 0.25) is 0 Å². The molecule has 0 spiro atoms. The molecule has 1 amide bonds. The summed E-state index contributed by atoms with van der Waals surface area (Å²) in [7, 11) is 0. The van der Waals surface area contributed by atoms with Crippen LogP contribution in [0.15, 0.2) is 73.3 Å². The van der Waals surface area contributed by atoms with Gasteiger partial charge in [-0.3, -0.25) is 4.79 Å². The van der Waals surface area contributed by atoms with Gasteiger partial charge in [-0.1, -0.05) is 43.0 Å². The minimum absolute atomic E-state index is 0.0563. The Morgan fingerprint density at radius 1 is 1.17 bits per heavy atom. The van der Waals surface area contributed by atoms with Crippen LogP contribution in [0.2, 0.25) is 0 Å². The van der Waals surface area contributed by atoms with Gasteiger partial charge in [-0.25, -0.2) is 4.79 Å². The number of fused-ring (bicyclic) bond motifs is 2. The van der Waals surface area contributed by atoms with Crippen molar-refractivity contribution in [2.24, 2.45) is 0 Å². The molecular weight excluding hydrogens is 386 g/mol. The highest BCUT2D eigenvalue weighted by Gasteiger charge is 2.65. The first-order valence-electron chi connectivity index (χ1n) is 9.74. The third-order valence-electron chi connectivity index (χ3n) is 5.49. The number of benzene rings is 2. The summed E-state index contributed by atoms with van der Waals surface area (Å²) in [5.74, 6) is -0.795. The second-order valence-electron chi connectivity index (χ2n) is 7.34. The molecule has 30 heavy (non-hydrogen) atoms. The number of rotatable bonds is 7. The Bertz CT molecular complexity index is 918. The lowest BCUT2D eigenvalue weighted by Gasteiger charge is -2.35. The van der Waals surface area contributed by atoms with E-state index in [-0.39, 0.29) is 19.1 Å². The first kappa shape index (κ1) is 20.3. The van der Waals surface area contributed by atoms with Crippen LogP contribution in [-0.4, -0.2) is 60.2 Å². The van der Waals surface area contributed by atoms with Crippen molar-refractivity contribution in [1.82, 2.24) is 5.32 Å². The lowest BCUT2D eigenvalue weighted by Crippen LogP contribution is -2.53. The Hall–Kier alpha value is -3.00. The molecule has 2 aliphatic heterocycles. The molecule has 7 heteroatoms. The van der Waals surface area contributed by atoms with Crippen LogP contribution in [0.1, 0.15) is 20.7 Å². The zero-order valence-electron chi connectivity index (χ0n) is 16.3. The van der Waals surface area contributed by atoms with E-state index in [1.165, 1.54) is 6.08 Å². The summed E-state index contributed by atoms with van der Waals surface area (Å²) in [6, 6.07) is 17.4. The van der Waals surface area contributed by atoms with Crippen LogP contribution in [0.25, 0.3) is 0 Å². The smallest absolute Gasteiger partial charge is 0.338 e. The summed E-state index contributed by atoms with van der Waals surface area (Å²) in [5, 5.41) is 13.6. The minimum atomic E-state index is -1.26. The highest BCUT2D eigenvalue weighted by molar-refractivity contribution is 5.94. The molecule has 5 atom stereocenters. The van der Waals surface area contributed by atoms with Crippen LogP contribution in [0.5, 0.6) is 0 Å². The van der Waals surface area contributed by atoms with E-state index < -0.39 is 36.0 Å². The van der Waals surface area contributed by atoms with E-state index in [2.05, 4.69) is 11.9 Å². The second kappa shape index (κ2) is 8.39. The van der Waals surface area contributed by atoms with Gasteiger partial charge in [0.25, 0.3) is 5.91 Å². The normalized spacial score (nSPS) is 28.0. The van der Waals surface area contributed by atoms with Crippen molar-refractivity contribution in [1.29, 1.82) is 0 Å². The molecule has 2 fully saturated rings. The Kier molecular flexibility index (Phi) is 5.67.